The van der Waals surface area contributed by atoms with Crippen molar-refractivity contribution in [1.29, 1.82) is 0 Å². The van der Waals surface area contributed by atoms with Crippen molar-refractivity contribution in [2.45, 2.75) is 30.1 Å². The van der Waals surface area contributed by atoms with Gasteiger partial charge in [0.05, 0.1) is 28.5 Å². The lowest BCUT2D eigenvalue weighted by atomic mass is 9.98. The number of carboxylic acid groups (broad SMARTS) is 1. The molecule has 1 unspecified atom stereocenters. The molecule has 0 radical (unpaired) electrons. The van der Waals surface area contributed by atoms with Crippen LogP contribution in [0.25, 0.3) is 0 Å². The zero-order chi connectivity index (χ0) is 23.8. The maximum Gasteiger partial charge on any atom is 0.352 e. The number of aliphatic hydroxyl groups excluding tert-OH is 1. The van der Waals surface area contributed by atoms with E-state index in [1.807, 2.05) is 0 Å². The first kappa shape index (κ1) is 24.5. The molecule has 3 atom stereocenters. The van der Waals surface area contributed by atoms with E-state index in [0.29, 0.717) is 10.5 Å². The van der Waals surface area contributed by atoms with E-state index in [2.05, 4.69) is 0 Å². The van der Waals surface area contributed by atoms with Crippen LogP contribution in [0.15, 0.2) is 29.5 Å². The largest absolute Gasteiger partial charge is 0.477 e. The third-order valence-electron chi connectivity index (χ3n) is 5.09. The van der Waals surface area contributed by atoms with Gasteiger partial charge in [0.15, 0.2) is 21.3 Å². The van der Waals surface area contributed by atoms with Crippen LogP contribution in [0.4, 0.5) is 0 Å². The maximum atomic E-state index is 13.5. The highest BCUT2D eigenvalue weighted by molar-refractivity contribution is 7.93. The van der Waals surface area contributed by atoms with E-state index in [9.17, 15) is 27.9 Å². The third-order valence-corrected chi connectivity index (χ3v) is 8.20. The van der Waals surface area contributed by atoms with Gasteiger partial charge in [-0.2, -0.15) is 0 Å². The van der Waals surface area contributed by atoms with Gasteiger partial charge >= 0.3 is 11.9 Å². The molecule has 1 aromatic carbocycles. The van der Waals surface area contributed by atoms with E-state index in [1.165, 1.54) is 18.2 Å². The van der Waals surface area contributed by atoms with Crippen molar-refractivity contribution in [3.63, 3.8) is 0 Å². The van der Waals surface area contributed by atoms with E-state index in [1.54, 1.807) is 0 Å². The lowest BCUT2D eigenvalue weighted by molar-refractivity contribution is -0.166. The Balaban J connectivity index is 2.13. The number of rotatable bonds is 8. The van der Waals surface area contributed by atoms with Crippen LogP contribution in [-0.4, -0.2) is 77.9 Å². The fourth-order valence-corrected chi connectivity index (χ4v) is 6.40. The summed E-state index contributed by atoms with van der Waals surface area (Å²) in [6.07, 6.45) is -1.68. The van der Waals surface area contributed by atoms with Gasteiger partial charge in [-0.1, -0.05) is 29.3 Å². The van der Waals surface area contributed by atoms with Crippen molar-refractivity contribution in [1.82, 2.24) is 4.90 Å². The summed E-state index contributed by atoms with van der Waals surface area (Å²) in [5, 5.41) is 16.2. The van der Waals surface area contributed by atoms with Crippen LogP contribution >= 0.6 is 23.2 Å². The van der Waals surface area contributed by atoms with Crippen molar-refractivity contribution >= 4 is 50.9 Å². The van der Waals surface area contributed by atoms with Crippen molar-refractivity contribution in [3.05, 3.63) is 45.1 Å². The minimum atomic E-state index is -4.25. The molecule has 2 aliphatic rings. The van der Waals surface area contributed by atoms with Gasteiger partial charge in [-0.3, -0.25) is 14.5 Å². The highest BCUT2D eigenvalue weighted by Gasteiger charge is 2.63. The Morgan fingerprint density at radius 2 is 1.91 bits per heavy atom. The number of benzene rings is 1. The Bertz CT molecular complexity index is 1100. The number of sulfone groups is 1. The summed E-state index contributed by atoms with van der Waals surface area (Å²) in [5.74, 6) is -3.19. The third kappa shape index (κ3) is 4.35. The number of esters is 1. The number of nitrogens with zero attached hydrogens (tertiary/aromatic N) is 1. The van der Waals surface area contributed by atoms with Crippen LogP contribution in [-0.2, 0) is 40.1 Å². The van der Waals surface area contributed by atoms with Crippen LogP contribution in [0.5, 0.6) is 0 Å². The predicted octanol–water partition coefficient (Wildman–Crippen LogP) is 0.781. The number of amides is 1. The molecule has 32 heavy (non-hydrogen) atoms. The van der Waals surface area contributed by atoms with Gasteiger partial charge in [0.2, 0.25) is 0 Å². The first-order valence-corrected chi connectivity index (χ1v) is 11.7. The molecular formula is C19H19Cl2NO9S. The summed E-state index contributed by atoms with van der Waals surface area (Å²) in [6.45, 7) is -0.313. The number of carbonyl (C=O) groups excluding carboxylic acids is 2. The molecule has 10 nitrogen and oxygen atoms in total. The standard InChI is InChI=1S/C19H19Cl2NO9S/c1-9(24)31-8-11-14(7-10-2-3-12(20)13(21)6-10)32(28,29)18-16(30-5-4-23)17(25)22(18)15(11)19(26)27/h2-3,6,14,16,18,23H,4-5,7-8H2,1H3,(H,26,27)/t14?,16-,18+/m0/s1. The lowest BCUT2D eigenvalue weighted by Crippen LogP contribution is -2.72. The average Bonchev–Trinajstić information content (AvgIpc) is 2.70. The summed E-state index contributed by atoms with van der Waals surface area (Å²) in [4.78, 5) is 36.6. The number of β-lactam (4-membered cyclic amide) rings is 1. The molecule has 13 heteroatoms. The second kappa shape index (κ2) is 9.36. The maximum absolute atomic E-state index is 13.5. The van der Waals surface area contributed by atoms with Crippen molar-refractivity contribution in [3.8, 4) is 0 Å². The van der Waals surface area contributed by atoms with Crippen LogP contribution in [0.1, 0.15) is 12.5 Å². The molecule has 2 heterocycles. The predicted molar refractivity (Wildman–Crippen MR) is 112 cm³/mol. The molecule has 174 valence electrons. The molecule has 1 amide bonds. The minimum absolute atomic E-state index is 0.172. The number of aliphatic carboxylic acids is 1. The lowest BCUT2D eigenvalue weighted by Gasteiger charge is -2.50. The number of carbonyl (C=O) groups is 3. The molecule has 0 saturated carbocycles. The molecule has 0 bridgehead atoms. The highest BCUT2D eigenvalue weighted by Crippen LogP contribution is 2.42. The molecule has 2 aliphatic heterocycles. The first-order valence-electron chi connectivity index (χ1n) is 9.32. The van der Waals surface area contributed by atoms with Crippen molar-refractivity contribution in [2.75, 3.05) is 19.8 Å². The number of fused-ring (bicyclic) bond motifs is 1. The molecule has 3 rings (SSSR count). The Kier molecular flexibility index (Phi) is 7.15. The monoisotopic (exact) mass is 507 g/mol. The summed E-state index contributed by atoms with van der Waals surface area (Å²) >= 11 is 11.9. The molecule has 0 spiro atoms. The fraction of sp³-hybridized carbons (Fsp3) is 0.421. The smallest absolute Gasteiger partial charge is 0.352 e. The summed E-state index contributed by atoms with van der Waals surface area (Å²) < 4.78 is 37.1. The Morgan fingerprint density at radius 1 is 1.22 bits per heavy atom. The normalized spacial score (nSPS) is 24.1. The molecule has 1 fully saturated rings. The van der Waals surface area contributed by atoms with Gasteiger partial charge in [0.25, 0.3) is 5.91 Å². The summed E-state index contributed by atoms with van der Waals surface area (Å²) in [6, 6.07) is 4.45. The zero-order valence-electron chi connectivity index (χ0n) is 16.7. The second-order valence-corrected chi connectivity index (χ2v) is 10.1. The van der Waals surface area contributed by atoms with E-state index in [4.69, 9.17) is 37.8 Å². The number of ether oxygens (including phenoxy) is 2. The van der Waals surface area contributed by atoms with E-state index in [-0.39, 0.29) is 28.6 Å². The summed E-state index contributed by atoms with van der Waals surface area (Å²) in [7, 11) is -4.25. The van der Waals surface area contributed by atoms with Crippen LogP contribution < -0.4 is 0 Å². The molecular weight excluding hydrogens is 489 g/mol. The fourth-order valence-electron chi connectivity index (χ4n) is 3.70. The Morgan fingerprint density at radius 3 is 2.47 bits per heavy atom. The van der Waals surface area contributed by atoms with Crippen molar-refractivity contribution in [2.24, 2.45) is 0 Å². The highest BCUT2D eigenvalue weighted by atomic mass is 35.5. The molecule has 0 aliphatic carbocycles. The van der Waals surface area contributed by atoms with Gasteiger partial charge in [-0.15, -0.1) is 0 Å². The van der Waals surface area contributed by atoms with Crippen LogP contribution in [0.2, 0.25) is 10.0 Å². The summed E-state index contributed by atoms with van der Waals surface area (Å²) in [5.41, 5.74) is -0.390. The molecule has 2 N–H and O–H groups in total. The quantitative estimate of drug-likeness (QED) is 0.384. The van der Waals surface area contributed by atoms with E-state index >= 15 is 0 Å². The van der Waals surface area contributed by atoms with E-state index < -0.39 is 63.3 Å². The SMILES string of the molecule is CC(=O)OCC1=C(C(=O)O)N2C(=O)[C@H](OCCO)[C@H]2S(=O)(=O)C1Cc1ccc(Cl)c(Cl)c1. The first-order chi connectivity index (χ1) is 15.0. The Hall–Kier alpha value is -2.18. The van der Waals surface area contributed by atoms with Gasteiger partial charge in [-0.25, -0.2) is 13.2 Å². The van der Waals surface area contributed by atoms with Crippen LogP contribution in [0, 0.1) is 0 Å². The number of hydrogen-bond acceptors (Lipinski definition) is 8. The Labute approximate surface area is 193 Å². The van der Waals surface area contributed by atoms with Gasteiger partial charge < -0.3 is 19.7 Å². The average molecular weight is 508 g/mol. The second-order valence-electron chi connectivity index (χ2n) is 7.10. The molecule has 1 aromatic rings. The molecule has 1 saturated heterocycles. The topological polar surface area (TPSA) is 148 Å². The number of halogens is 2. The van der Waals surface area contributed by atoms with E-state index in [0.717, 1.165) is 6.92 Å². The van der Waals surface area contributed by atoms with Gasteiger partial charge in [0, 0.05) is 12.5 Å². The van der Waals surface area contributed by atoms with Gasteiger partial charge in [0.1, 0.15) is 12.3 Å². The number of aliphatic hydroxyl groups is 1. The molecule has 0 aromatic heterocycles. The van der Waals surface area contributed by atoms with Crippen LogP contribution in [0.3, 0.4) is 0 Å². The zero-order valence-corrected chi connectivity index (χ0v) is 19.0. The number of hydrogen-bond donors (Lipinski definition) is 2. The minimum Gasteiger partial charge on any atom is -0.477 e. The van der Waals surface area contributed by atoms with Crippen molar-refractivity contribution < 1.29 is 42.5 Å². The number of carboxylic acids is 1. The van der Waals surface area contributed by atoms with Gasteiger partial charge in [-0.05, 0) is 24.1 Å².